The summed E-state index contributed by atoms with van der Waals surface area (Å²) in [4.78, 5) is 41.0. The largest absolute Gasteiger partial charge is 0.481 e. The third-order valence-corrected chi connectivity index (χ3v) is 4.36. The average Bonchev–Trinajstić information content (AvgIpc) is 2.66. The van der Waals surface area contributed by atoms with Crippen LogP contribution in [-0.2, 0) is 19.2 Å². The molecule has 0 saturated carbocycles. The van der Waals surface area contributed by atoms with Crippen molar-refractivity contribution in [2.24, 2.45) is 0 Å². The minimum absolute atomic E-state index is 0.0661. The van der Waals surface area contributed by atoms with Gasteiger partial charge in [-0.05, 0) is 45.3 Å². The van der Waals surface area contributed by atoms with Gasteiger partial charge in [-0.15, -0.1) is 0 Å². The van der Waals surface area contributed by atoms with Crippen molar-refractivity contribution >= 4 is 23.9 Å². The zero-order chi connectivity index (χ0) is 22.2. The van der Waals surface area contributed by atoms with E-state index in [-0.39, 0.29) is 31.8 Å². The SMILES string of the molecule is O=C(O)CCC(=O)O.O=C(O)CCC(=O)O.OC1CCCN(C2CCNCC2)C1. The molecule has 2 rings (SSSR count). The van der Waals surface area contributed by atoms with Gasteiger partial charge in [-0.1, -0.05) is 0 Å². The van der Waals surface area contributed by atoms with E-state index >= 15 is 0 Å². The summed E-state index contributed by atoms with van der Waals surface area (Å²) in [7, 11) is 0. The number of carboxylic acids is 4. The first-order valence-corrected chi connectivity index (χ1v) is 9.61. The predicted octanol–water partition coefficient (Wildman–Crippen LogP) is 0.0667. The molecule has 0 aliphatic carbocycles. The number of nitrogens with one attached hydrogen (secondary N) is 1. The lowest BCUT2D eigenvalue weighted by atomic mass is 10.00. The Kier molecular flexibility index (Phi) is 14.4. The zero-order valence-corrected chi connectivity index (χ0v) is 16.5. The third kappa shape index (κ3) is 16.4. The van der Waals surface area contributed by atoms with E-state index < -0.39 is 23.9 Å². The van der Waals surface area contributed by atoms with Crippen LogP contribution in [0.3, 0.4) is 0 Å². The van der Waals surface area contributed by atoms with Crippen LogP contribution in [0.15, 0.2) is 0 Å². The molecule has 0 bridgehead atoms. The Morgan fingerprint density at radius 1 is 0.759 bits per heavy atom. The van der Waals surface area contributed by atoms with E-state index in [1.165, 1.54) is 25.8 Å². The lowest BCUT2D eigenvalue weighted by molar-refractivity contribution is -0.143. The van der Waals surface area contributed by atoms with Crippen molar-refractivity contribution in [3.63, 3.8) is 0 Å². The minimum atomic E-state index is -1.08. The molecule has 0 aromatic heterocycles. The Labute approximate surface area is 169 Å². The number of likely N-dealkylation sites (tertiary alicyclic amines) is 1. The molecule has 0 radical (unpaired) electrons. The summed E-state index contributed by atoms with van der Waals surface area (Å²) in [6.45, 7) is 4.40. The van der Waals surface area contributed by atoms with Gasteiger partial charge in [0.1, 0.15) is 0 Å². The highest BCUT2D eigenvalue weighted by molar-refractivity contribution is 5.75. The second kappa shape index (κ2) is 15.7. The van der Waals surface area contributed by atoms with Gasteiger partial charge in [-0.3, -0.25) is 24.1 Å². The average molecular weight is 420 g/mol. The number of piperidine rings is 2. The summed E-state index contributed by atoms with van der Waals surface area (Å²) in [5, 5.41) is 44.5. The van der Waals surface area contributed by atoms with Crippen molar-refractivity contribution in [1.82, 2.24) is 10.2 Å². The summed E-state index contributed by atoms with van der Waals surface area (Å²) in [5.41, 5.74) is 0. The molecule has 0 aromatic carbocycles. The second-order valence-corrected chi connectivity index (χ2v) is 6.85. The van der Waals surface area contributed by atoms with Crippen LogP contribution in [0.5, 0.6) is 0 Å². The van der Waals surface area contributed by atoms with Gasteiger partial charge in [0.2, 0.25) is 0 Å². The molecule has 1 unspecified atom stereocenters. The van der Waals surface area contributed by atoms with Crippen molar-refractivity contribution in [1.29, 1.82) is 0 Å². The summed E-state index contributed by atoms with van der Waals surface area (Å²) in [6, 6.07) is 0.733. The van der Waals surface area contributed by atoms with Crippen molar-refractivity contribution in [2.75, 3.05) is 26.2 Å². The summed E-state index contributed by atoms with van der Waals surface area (Å²) >= 11 is 0. The number of hydrogen-bond donors (Lipinski definition) is 6. The molecule has 2 saturated heterocycles. The van der Waals surface area contributed by atoms with E-state index in [1.54, 1.807) is 0 Å². The van der Waals surface area contributed by atoms with Gasteiger partial charge in [-0.2, -0.15) is 0 Å². The maximum absolute atomic E-state index is 9.64. The Morgan fingerprint density at radius 2 is 1.17 bits per heavy atom. The molecule has 11 nitrogen and oxygen atoms in total. The monoisotopic (exact) mass is 420 g/mol. The van der Waals surface area contributed by atoms with Gasteiger partial charge in [0, 0.05) is 12.6 Å². The standard InChI is InChI=1S/C10H20N2O.2C4H6O4/c13-10-2-1-7-12(8-10)9-3-5-11-6-4-9;2*5-3(6)1-2-4(7)8/h9-11,13H,1-8H2;2*1-2H2,(H,5,6)(H,7,8). The van der Waals surface area contributed by atoms with E-state index in [9.17, 15) is 24.3 Å². The fourth-order valence-electron chi connectivity index (χ4n) is 2.91. The van der Waals surface area contributed by atoms with Gasteiger partial charge in [0.25, 0.3) is 0 Å². The minimum Gasteiger partial charge on any atom is -0.481 e. The molecule has 1 atom stereocenters. The lowest BCUT2D eigenvalue weighted by Gasteiger charge is -2.38. The van der Waals surface area contributed by atoms with E-state index in [0.717, 1.165) is 32.1 Å². The zero-order valence-electron chi connectivity index (χ0n) is 16.5. The highest BCUT2D eigenvalue weighted by atomic mass is 16.4. The predicted molar refractivity (Wildman–Crippen MR) is 102 cm³/mol. The molecule has 2 heterocycles. The molecule has 11 heteroatoms. The van der Waals surface area contributed by atoms with Gasteiger partial charge >= 0.3 is 23.9 Å². The Bertz CT molecular complexity index is 465. The topological polar surface area (TPSA) is 185 Å². The van der Waals surface area contributed by atoms with Gasteiger partial charge in [0.05, 0.1) is 31.8 Å². The summed E-state index contributed by atoms with van der Waals surface area (Å²) < 4.78 is 0. The first-order chi connectivity index (χ1) is 13.6. The normalized spacial score (nSPS) is 19.7. The molecule has 2 aliphatic heterocycles. The number of hydrogen-bond acceptors (Lipinski definition) is 7. The van der Waals surface area contributed by atoms with Crippen LogP contribution in [-0.4, -0.2) is 92.6 Å². The van der Waals surface area contributed by atoms with Crippen LogP contribution in [0.1, 0.15) is 51.4 Å². The Morgan fingerprint density at radius 3 is 1.52 bits per heavy atom. The maximum atomic E-state index is 9.64. The molecule has 6 N–H and O–H groups in total. The van der Waals surface area contributed by atoms with Crippen LogP contribution >= 0.6 is 0 Å². The number of carboxylic acid groups (broad SMARTS) is 4. The lowest BCUT2D eigenvalue weighted by Crippen LogP contribution is -2.48. The van der Waals surface area contributed by atoms with Crippen LogP contribution in [0.4, 0.5) is 0 Å². The Balaban J connectivity index is 0.000000432. The second-order valence-electron chi connectivity index (χ2n) is 6.85. The number of nitrogens with zero attached hydrogens (tertiary/aromatic N) is 1. The van der Waals surface area contributed by atoms with E-state index in [0.29, 0.717) is 0 Å². The molecule has 0 aromatic rings. The number of rotatable bonds is 7. The number of aliphatic hydroxyl groups is 1. The number of β-amino-alcohol motifs (C(OH)–C–C–N with tert-alkyl or cyclic N) is 1. The number of aliphatic carboxylic acids is 4. The van der Waals surface area contributed by atoms with E-state index in [1.807, 2.05) is 0 Å². The summed E-state index contributed by atoms with van der Waals surface area (Å²) in [6.07, 6.45) is 3.44. The van der Waals surface area contributed by atoms with Crippen molar-refractivity contribution in [3.8, 4) is 0 Å². The molecule has 2 aliphatic rings. The first kappa shape index (κ1) is 26.8. The van der Waals surface area contributed by atoms with Crippen LogP contribution in [0.2, 0.25) is 0 Å². The van der Waals surface area contributed by atoms with Gasteiger partial charge < -0.3 is 30.8 Å². The molecular formula is C18H32N2O9. The molecule has 2 fully saturated rings. The first-order valence-electron chi connectivity index (χ1n) is 9.61. The molecule has 29 heavy (non-hydrogen) atoms. The van der Waals surface area contributed by atoms with Gasteiger partial charge in [-0.25, -0.2) is 0 Å². The van der Waals surface area contributed by atoms with Crippen LogP contribution in [0.25, 0.3) is 0 Å². The molecular weight excluding hydrogens is 388 g/mol. The van der Waals surface area contributed by atoms with Crippen molar-refractivity contribution < 1.29 is 44.7 Å². The van der Waals surface area contributed by atoms with E-state index in [4.69, 9.17) is 20.4 Å². The molecule has 0 spiro atoms. The molecule has 0 amide bonds. The van der Waals surface area contributed by atoms with Crippen LogP contribution in [0, 0.1) is 0 Å². The quantitative estimate of drug-likeness (QED) is 0.327. The summed E-state index contributed by atoms with van der Waals surface area (Å²) in [5.74, 6) is -4.31. The van der Waals surface area contributed by atoms with E-state index in [2.05, 4.69) is 10.2 Å². The fraction of sp³-hybridized carbons (Fsp3) is 0.778. The van der Waals surface area contributed by atoms with Crippen LogP contribution < -0.4 is 5.32 Å². The fourth-order valence-corrected chi connectivity index (χ4v) is 2.91. The maximum Gasteiger partial charge on any atom is 0.303 e. The Hall–Kier alpha value is -2.24. The smallest absolute Gasteiger partial charge is 0.303 e. The van der Waals surface area contributed by atoms with Crippen molar-refractivity contribution in [3.05, 3.63) is 0 Å². The molecule has 168 valence electrons. The highest BCUT2D eigenvalue weighted by Gasteiger charge is 2.25. The third-order valence-electron chi connectivity index (χ3n) is 4.36. The highest BCUT2D eigenvalue weighted by Crippen LogP contribution is 2.18. The number of aliphatic hydroxyl groups excluding tert-OH is 1. The van der Waals surface area contributed by atoms with Crippen molar-refractivity contribution in [2.45, 2.75) is 63.5 Å². The van der Waals surface area contributed by atoms with Gasteiger partial charge in [0.15, 0.2) is 0 Å². The number of carbonyl (C=O) groups is 4.